The molecule has 23 atom stereocenters. The lowest BCUT2D eigenvalue weighted by Gasteiger charge is -2.44. The number of nitrogens with one attached hydrogen (secondary N) is 9. The topological polar surface area (TPSA) is 654 Å². The number of carbonyl (C=O) groups excluding carboxylic acids is 8. The number of carboxylic acids is 1. The molecule has 140 heavy (non-hydrogen) atoms. The first kappa shape index (κ1) is 104. The van der Waals surface area contributed by atoms with Crippen LogP contribution in [0.3, 0.4) is 0 Å². The van der Waals surface area contributed by atoms with E-state index in [9.17, 15) is 90.7 Å². The molecule has 9 heterocycles. The van der Waals surface area contributed by atoms with Crippen LogP contribution in [0.15, 0.2) is 115 Å². The largest absolute Gasteiger partial charge is 0.508 e. The Bertz CT molecular complexity index is 5730. The molecule has 8 amide bonds. The lowest BCUT2D eigenvalue weighted by Crippen LogP contribution is -2.66. The van der Waals surface area contributed by atoms with E-state index >= 15 is 24.0 Å². The van der Waals surface area contributed by atoms with Crippen molar-refractivity contribution in [1.29, 1.82) is 0 Å². The number of carbonyl (C=O) groups is 9. The number of unbranched alkanes of at least 4 members (excludes halogenated alkanes) is 8. The number of aromatic hydroxyl groups is 4. The summed E-state index contributed by atoms with van der Waals surface area (Å²) in [4.78, 5) is 140. The number of nitrogens with two attached hydrogens (primary N) is 1. The SMILES string of the molecule is CCCCCCCCNC[C@H]1O[C@@H](Oc2c3cc4cc2Oc2ccc(cc2Cl)[C@@H](O[C@@H]2O[C@H](CO)[C@@H](O)[C@H](O)[C@H]2NC(C)=O)[C@@H]2NC(=O)[C@H](NC(=O)[C@@H]4NC(=O)[C@H]4NC(=O)[C@@H](Cc5ccc(c(Cl)c5)O3)NC(=O)[C@H](N)c3ccc(O)c(c3)Oc3cc(O)cc4c3)c3ccc(O)c(c3)-c3c(O[C@H]4O[C@H](CO)[C@@H](O)[C@H](O)[C@@H]4O)cc(O)cc3[C@@H](C(=O)O)NC2=O)[C@H](NC(=O)CCCCCCC(C)C)[C@@H](O)[C@@H]1O. The van der Waals surface area contributed by atoms with Crippen LogP contribution >= 0.6 is 23.2 Å². The molecule has 3 fully saturated rings. The second-order valence-electron chi connectivity index (χ2n) is 36.0. The number of fused-ring (bicyclic) bond motifs is 14. The first-order valence-electron chi connectivity index (χ1n) is 46.1. The molecule has 16 rings (SSSR count). The molecule has 754 valence electrons. The molecule has 17 bridgehead atoms. The number of aliphatic hydroxyl groups excluding tert-OH is 9. The number of carboxylic acid groups (broad SMARTS) is 1. The highest BCUT2D eigenvalue weighted by Crippen LogP contribution is 2.51. The Morgan fingerprint density at radius 3 is 1.74 bits per heavy atom. The van der Waals surface area contributed by atoms with Crippen molar-refractivity contribution in [2.75, 3.05) is 26.3 Å². The Morgan fingerprint density at radius 2 is 1.08 bits per heavy atom. The number of rotatable bonds is 27. The number of benzene rings is 7. The molecule has 44 heteroatoms. The van der Waals surface area contributed by atoms with E-state index in [0.29, 0.717) is 31.7 Å². The second kappa shape index (κ2) is 45.7. The highest BCUT2D eigenvalue weighted by molar-refractivity contribution is 6.32. The fourth-order valence-electron chi connectivity index (χ4n) is 17.8. The number of phenols is 4. The van der Waals surface area contributed by atoms with E-state index < -0.39 is 298 Å². The van der Waals surface area contributed by atoms with Crippen LogP contribution in [0.2, 0.25) is 10.0 Å². The van der Waals surface area contributed by atoms with Crippen LogP contribution in [0.1, 0.15) is 180 Å². The van der Waals surface area contributed by atoms with E-state index in [0.717, 1.165) is 143 Å². The van der Waals surface area contributed by atoms with E-state index in [1.54, 1.807) is 0 Å². The number of halogens is 2. The molecule has 0 unspecified atom stereocenters. The number of phenolic OH excluding ortho intramolecular Hbond substituents is 4. The maximum absolute atomic E-state index is 17.2. The molecule has 9 aliphatic heterocycles. The quantitative estimate of drug-likeness (QED) is 0.0324. The van der Waals surface area contributed by atoms with Crippen molar-refractivity contribution in [2.24, 2.45) is 11.7 Å². The third kappa shape index (κ3) is 23.9. The summed E-state index contributed by atoms with van der Waals surface area (Å²) in [6, 6.07) is 1.41. The zero-order valence-electron chi connectivity index (χ0n) is 76.3. The van der Waals surface area contributed by atoms with E-state index in [-0.39, 0.29) is 57.5 Å². The third-order valence-electron chi connectivity index (χ3n) is 25.3. The Labute approximate surface area is 811 Å². The van der Waals surface area contributed by atoms with Crippen LogP contribution in [-0.2, 0) is 68.5 Å². The molecule has 9 aliphatic rings. The van der Waals surface area contributed by atoms with Gasteiger partial charge >= 0.3 is 5.97 Å². The molecule has 7 aromatic rings. The fraction of sp³-hybridized carbons (Fsp3) is 0.469. The van der Waals surface area contributed by atoms with Crippen molar-refractivity contribution >= 4 is 76.4 Å². The Morgan fingerprint density at radius 1 is 0.507 bits per heavy atom. The molecule has 0 aromatic heterocycles. The summed E-state index contributed by atoms with van der Waals surface area (Å²) in [7, 11) is 0. The number of ether oxygens (including phenoxy) is 9. The van der Waals surface area contributed by atoms with Crippen LogP contribution in [0.4, 0.5) is 0 Å². The smallest absolute Gasteiger partial charge is 0.330 e. The molecular formula is C96H114Cl2N10O32. The summed E-state index contributed by atoms with van der Waals surface area (Å²) in [5.74, 6) is -18.6. The van der Waals surface area contributed by atoms with E-state index in [2.05, 4.69) is 68.6 Å². The fourth-order valence-corrected chi connectivity index (χ4v) is 18.2. The average Bonchev–Trinajstić information content (AvgIpc) is 0.754. The minimum Gasteiger partial charge on any atom is -0.508 e. The van der Waals surface area contributed by atoms with Crippen molar-refractivity contribution in [3.05, 3.63) is 164 Å². The van der Waals surface area contributed by atoms with Gasteiger partial charge in [-0.25, -0.2) is 4.79 Å². The summed E-state index contributed by atoms with van der Waals surface area (Å²) >= 11 is 14.9. The van der Waals surface area contributed by atoms with Crippen molar-refractivity contribution in [3.63, 3.8) is 0 Å². The minimum absolute atomic E-state index is 0.0382. The van der Waals surface area contributed by atoms with Gasteiger partial charge in [0.15, 0.2) is 35.3 Å². The Hall–Kier alpha value is -12.0. The zero-order chi connectivity index (χ0) is 101. The average molecular weight is 1990 g/mol. The highest BCUT2D eigenvalue weighted by Gasteiger charge is 2.53. The summed E-state index contributed by atoms with van der Waals surface area (Å²) < 4.78 is 58.7. The summed E-state index contributed by atoms with van der Waals surface area (Å²) in [5, 5.41) is 185. The molecule has 0 aliphatic carbocycles. The maximum atomic E-state index is 17.2. The molecule has 0 radical (unpaired) electrons. The van der Waals surface area contributed by atoms with Crippen molar-refractivity contribution in [3.8, 4) is 80.1 Å². The predicted molar refractivity (Wildman–Crippen MR) is 492 cm³/mol. The van der Waals surface area contributed by atoms with E-state index in [1.807, 2.05) is 0 Å². The molecule has 0 spiro atoms. The normalized spacial score (nSPS) is 27.9. The van der Waals surface area contributed by atoms with Crippen LogP contribution in [0, 0.1) is 5.92 Å². The highest BCUT2D eigenvalue weighted by atomic mass is 35.5. The number of hydrogen-bond donors (Lipinski definition) is 24. The van der Waals surface area contributed by atoms with Crippen LogP contribution in [-0.4, -0.2) is 255 Å². The van der Waals surface area contributed by atoms with Gasteiger partial charge in [0.25, 0.3) is 0 Å². The number of aliphatic hydroxyl groups is 9. The molecule has 25 N–H and O–H groups in total. The van der Waals surface area contributed by atoms with Crippen molar-refractivity contribution < 1.29 is 157 Å². The second-order valence-corrected chi connectivity index (χ2v) is 36.8. The molecular weight excluding hydrogens is 1880 g/mol. The Kier molecular flexibility index (Phi) is 33.9. The summed E-state index contributed by atoms with van der Waals surface area (Å²) in [6.45, 7) is 5.41. The van der Waals surface area contributed by atoms with Crippen LogP contribution in [0.5, 0.6) is 69.0 Å². The molecule has 42 nitrogen and oxygen atoms in total. The number of aliphatic carboxylic acids is 1. The lowest BCUT2D eigenvalue weighted by atomic mass is 9.89. The maximum Gasteiger partial charge on any atom is 0.330 e. The summed E-state index contributed by atoms with van der Waals surface area (Å²) in [5.41, 5.74) is 3.01. The van der Waals surface area contributed by atoms with Gasteiger partial charge in [-0.05, 0) is 138 Å². The van der Waals surface area contributed by atoms with Crippen LogP contribution in [0.25, 0.3) is 11.1 Å². The summed E-state index contributed by atoms with van der Waals surface area (Å²) in [6.07, 6.45) is -19.4. The Balaban J connectivity index is 1.03. The van der Waals surface area contributed by atoms with Gasteiger partial charge in [-0.2, -0.15) is 0 Å². The molecule has 0 saturated carbocycles. The van der Waals surface area contributed by atoms with E-state index in [1.165, 1.54) is 30.3 Å². The van der Waals surface area contributed by atoms with Gasteiger partial charge in [0.1, 0.15) is 156 Å². The number of amides is 8. The molecule has 3 saturated heterocycles. The van der Waals surface area contributed by atoms with Gasteiger partial charge in [-0.1, -0.05) is 126 Å². The first-order valence-corrected chi connectivity index (χ1v) is 46.8. The minimum atomic E-state index is -2.58. The van der Waals surface area contributed by atoms with Gasteiger partial charge in [0.2, 0.25) is 65.6 Å². The van der Waals surface area contributed by atoms with Crippen LogP contribution < -0.4 is 77.3 Å². The van der Waals surface area contributed by atoms with E-state index in [4.69, 9.17) is 71.6 Å². The van der Waals surface area contributed by atoms with Gasteiger partial charge in [0, 0.05) is 55.1 Å². The van der Waals surface area contributed by atoms with Gasteiger partial charge in [0.05, 0.1) is 23.3 Å². The van der Waals surface area contributed by atoms with Gasteiger partial charge in [-0.15, -0.1) is 0 Å². The lowest BCUT2D eigenvalue weighted by molar-refractivity contribution is -0.284. The monoisotopic (exact) mass is 1990 g/mol. The first-order chi connectivity index (χ1) is 66.9. The van der Waals surface area contributed by atoms with Gasteiger partial charge in [-0.3, -0.25) is 38.4 Å². The molecule has 7 aromatic carbocycles. The standard InChI is InChI=1S/C96H114Cl2N10O32/c1-5-6-7-8-11-14-25-100-38-65-78(117)82(121)76(103-68(116)16-13-10-9-12-15-41(2)3)95(136-65)140-86-63-33-48-34-64(86)134-60-24-20-46(31-55(60)98)85(139-94-75(101-42(4)111)81(120)79(118)66(39-109)137-94)77-92(129)107-74(93(130)131)53-36-50(113)37-62(135-96-84(123)83(122)80(119)67(40-110)138-96)69(53)52-30-45(19-21-57(52)114)71(89(126)108-77)105-91(128)73(48)106-90(127)72-47-28-49(112)35-51(29-47)132-61-32-44(18-22-58(61)115)70(99)88(125)102-56(87(124)104-72)27-43-17-23-59(133-63)54(97)26-43/h17-24,26,28-37,41,56,65-67,70-85,94-96,100,109-110,112-115,117-123H,5-16,25,27,38-40,99H2,1-4H3,(H,101,111)(H,102,125)(H,103,116)(H,104,124)(H,105,128)(H,106,127)(H,107,129)(H,108,126)(H,130,131)/t56-,65-,66-,67-,70-,71-,72+,73-,74+,75-,76-,77+,78-,79-,80-,81-,82-,83+,84+,85-,94+,95+,96+/m1/s1. The van der Waals surface area contributed by atoms with Crippen molar-refractivity contribution in [2.45, 2.75) is 252 Å². The predicted octanol–water partition coefficient (Wildman–Crippen LogP) is 3.98. The van der Waals surface area contributed by atoms with Crippen molar-refractivity contribution in [1.82, 2.24) is 47.9 Å². The third-order valence-corrected chi connectivity index (χ3v) is 25.8. The number of hydrogen-bond acceptors (Lipinski definition) is 33. The van der Waals surface area contributed by atoms with Gasteiger partial charge < -0.3 is 168 Å². The zero-order valence-corrected chi connectivity index (χ0v) is 77.8.